The molecule has 80 valence electrons. The minimum atomic E-state index is 0.623. The quantitative estimate of drug-likeness (QED) is 0.567. The summed E-state index contributed by atoms with van der Waals surface area (Å²) in [5.74, 6) is 0.703. The van der Waals surface area contributed by atoms with E-state index in [1.807, 2.05) is 7.05 Å². The highest BCUT2D eigenvalue weighted by Crippen LogP contribution is 2.22. The van der Waals surface area contributed by atoms with E-state index in [-0.39, 0.29) is 0 Å². The van der Waals surface area contributed by atoms with Gasteiger partial charge in [0.2, 0.25) is 0 Å². The first-order valence-electron chi connectivity index (χ1n) is 4.98. The SMILES string of the molecule is CN=C(CC1CCOCC1)SC(C)=N. The summed E-state index contributed by atoms with van der Waals surface area (Å²) >= 11 is 1.49. The number of rotatable bonds is 2. The van der Waals surface area contributed by atoms with E-state index < -0.39 is 0 Å². The Labute approximate surface area is 89.8 Å². The van der Waals surface area contributed by atoms with Crippen LogP contribution in [0.3, 0.4) is 0 Å². The number of ether oxygens (including phenoxy) is 1. The molecule has 0 radical (unpaired) electrons. The van der Waals surface area contributed by atoms with Crippen LogP contribution in [0.5, 0.6) is 0 Å². The van der Waals surface area contributed by atoms with Crippen molar-refractivity contribution in [2.24, 2.45) is 10.9 Å². The van der Waals surface area contributed by atoms with Crippen LogP contribution in [0.15, 0.2) is 4.99 Å². The molecule has 1 rings (SSSR count). The fourth-order valence-electron chi connectivity index (χ4n) is 1.55. The Hall–Kier alpha value is -0.350. The van der Waals surface area contributed by atoms with E-state index in [0.717, 1.165) is 37.5 Å². The van der Waals surface area contributed by atoms with Crippen LogP contribution in [0, 0.1) is 11.3 Å². The smallest absolute Gasteiger partial charge is 0.0734 e. The molecule has 1 N–H and O–H groups in total. The Morgan fingerprint density at radius 1 is 1.50 bits per heavy atom. The topological polar surface area (TPSA) is 45.4 Å². The molecule has 1 heterocycles. The van der Waals surface area contributed by atoms with Gasteiger partial charge in [-0.05, 0) is 32.1 Å². The van der Waals surface area contributed by atoms with Crippen molar-refractivity contribution in [2.45, 2.75) is 26.2 Å². The average Bonchev–Trinajstić information content (AvgIpc) is 2.17. The van der Waals surface area contributed by atoms with Crippen molar-refractivity contribution in [1.82, 2.24) is 0 Å². The standard InChI is InChI=1S/C10H18N2OS/c1-8(11)14-10(12-2)7-9-3-5-13-6-4-9/h9,11H,3-7H2,1-2H3. The normalized spacial score (nSPS) is 19.7. The summed E-state index contributed by atoms with van der Waals surface area (Å²) in [7, 11) is 1.81. The molecule has 1 saturated heterocycles. The molecule has 0 saturated carbocycles. The van der Waals surface area contributed by atoms with Crippen LogP contribution < -0.4 is 0 Å². The average molecular weight is 214 g/mol. The lowest BCUT2D eigenvalue weighted by Crippen LogP contribution is -2.18. The number of hydrogen-bond acceptors (Lipinski definition) is 4. The van der Waals surface area contributed by atoms with E-state index >= 15 is 0 Å². The van der Waals surface area contributed by atoms with Gasteiger partial charge in [-0.15, -0.1) is 0 Å². The second-order valence-corrected chi connectivity index (χ2v) is 4.82. The summed E-state index contributed by atoms with van der Waals surface area (Å²) in [4.78, 5) is 4.22. The van der Waals surface area contributed by atoms with Gasteiger partial charge in [-0.25, -0.2) is 0 Å². The van der Waals surface area contributed by atoms with E-state index in [0.29, 0.717) is 11.0 Å². The Morgan fingerprint density at radius 3 is 2.64 bits per heavy atom. The molecule has 0 aromatic heterocycles. The van der Waals surface area contributed by atoms with E-state index in [9.17, 15) is 0 Å². The fraction of sp³-hybridized carbons (Fsp3) is 0.800. The number of hydrogen-bond donors (Lipinski definition) is 1. The number of nitrogens with zero attached hydrogens (tertiary/aromatic N) is 1. The fourth-order valence-corrected chi connectivity index (χ4v) is 2.32. The van der Waals surface area contributed by atoms with Crippen molar-refractivity contribution in [1.29, 1.82) is 5.41 Å². The molecule has 0 aromatic rings. The molecular formula is C10H18N2OS. The zero-order chi connectivity index (χ0) is 10.4. The van der Waals surface area contributed by atoms with Crippen molar-refractivity contribution in [3.05, 3.63) is 0 Å². The lowest BCUT2D eigenvalue weighted by Gasteiger charge is -2.22. The Kier molecular flexibility index (Phi) is 5.19. The predicted molar refractivity (Wildman–Crippen MR) is 62.5 cm³/mol. The van der Waals surface area contributed by atoms with Crippen LogP contribution in [0.2, 0.25) is 0 Å². The second kappa shape index (κ2) is 6.19. The molecule has 1 fully saturated rings. The van der Waals surface area contributed by atoms with Gasteiger partial charge >= 0.3 is 0 Å². The Balaban J connectivity index is 2.35. The number of aliphatic imine (C=N–C) groups is 1. The van der Waals surface area contributed by atoms with Crippen LogP contribution in [0.25, 0.3) is 0 Å². The lowest BCUT2D eigenvalue weighted by molar-refractivity contribution is 0.0686. The highest BCUT2D eigenvalue weighted by Gasteiger charge is 2.16. The monoisotopic (exact) mass is 214 g/mol. The Bertz CT molecular complexity index is 222. The van der Waals surface area contributed by atoms with Gasteiger partial charge in [-0.3, -0.25) is 10.4 Å². The molecule has 0 spiro atoms. The van der Waals surface area contributed by atoms with Gasteiger partial charge in [-0.1, -0.05) is 11.8 Å². The van der Waals surface area contributed by atoms with E-state index in [1.165, 1.54) is 11.8 Å². The molecule has 0 aromatic carbocycles. The number of nitrogens with one attached hydrogen (secondary N) is 1. The highest BCUT2D eigenvalue weighted by atomic mass is 32.2. The maximum atomic E-state index is 7.40. The first-order chi connectivity index (χ1) is 6.72. The van der Waals surface area contributed by atoms with Crippen molar-refractivity contribution < 1.29 is 4.74 Å². The third-order valence-electron chi connectivity index (χ3n) is 2.32. The maximum Gasteiger partial charge on any atom is 0.0734 e. The highest BCUT2D eigenvalue weighted by molar-refractivity contribution is 8.26. The molecule has 1 aliphatic rings. The molecule has 0 atom stereocenters. The van der Waals surface area contributed by atoms with E-state index in [1.54, 1.807) is 6.92 Å². The van der Waals surface area contributed by atoms with Crippen molar-refractivity contribution in [3.63, 3.8) is 0 Å². The Morgan fingerprint density at radius 2 is 2.14 bits per heavy atom. The summed E-state index contributed by atoms with van der Waals surface area (Å²) in [5, 5.41) is 9.11. The van der Waals surface area contributed by atoms with Crippen LogP contribution in [-0.4, -0.2) is 30.3 Å². The van der Waals surface area contributed by atoms with Crippen molar-refractivity contribution in [3.8, 4) is 0 Å². The largest absolute Gasteiger partial charge is 0.381 e. The van der Waals surface area contributed by atoms with E-state index in [2.05, 4.69) is 4.99 Å². The van der Waals surface area contributed by atoms with Crippen LogP contribution in [-0.2, 0) is 4.74 Å². The summed E-state index contributed by atoms with van der Waals surface area (Å²) in [5.41, 5.74) is 0. The van der Waals surface area contributed by atoms with Gasteiger partial charge in [0.05, 0.1) is 10.1 Å². The van der Waals surface area contributed by atoms with Gasteiger partial charge in [-0.2, -0.15) is 0 Å². The van der Waals surface area contributed by atoms with Crippen LogP contribution >= 0.6 is 11.8 Å². The number of thioether (sulfide) groups is 1. The molecule has 0 amide bonds. The molecule has 1 aliphatic heterocycles. The zero-order valence-corrected chi connectivity index (χ0v) is 9.69. The second-order valence-electron chi connectivity index (χ2n) is 3.54. The van der Waals surface area contributed by atoms with Crippen LogP contribution in [0.1, 0.15) is 26.2 Å². The molecule has 0 unspecified atom stereocenters. The molecule has 4 heteroatoms. The molecular weight excluding hydrogens is 196 g/mol. The third kappa shape index (κ3) is 4.24. The zero-order valence-electron chi connectivity index (χ0n) is 8.88. The summed E-state index contributed by atoms with van der Waals surface area (Å²) in [6.07, 6.45) is 3.29. The molecule has 3 nitrogen and oxygen atoms in total. The predicted octanol–water partition coefficient (Wildman–Crippen LogP) is 2.56. The minimum Gasteiger partial charge on any atom is -0.381 e. The van der Waals surface area contributed by atoms with Gasteiger partial charge in [0.1, 0.15) is 0 Å². The van der Waals surface area contributed by atoms with Gasteiger partial charge in [0, 0.05) is 20.3 Å². The summed E-state index contributed by atoms with van der Waals surface area (Å²) in [6.45, 7) is 3.58. The van der Waals surface area contributed by atoms with Crippen molar-refractivity contribution >= 4 is 21.8 Å². The van der Waals surface area contributed by atoms with Gasteiger partial charge < -0.3 is 4.74 Å². The van der Waals surface area contributed by atoms with Crippen LogP contribution in [0.4, 0.5) is 0 Å². The molecule has 14 heavy (non-hydrogen) atoms. The van der Waals surface area contributed by atoms with E-state index in [4.69, 9.17) is 10.1 Å². The first kappa shape index (κ1) is 11.7. The lowest BCUT2D eigenvalue weighted by atomic mass is 9.97. The third-order valence-corrected chi connectivity index (χ3v) is 3.22. The van der Waals surface area contributed by atoms with Gasteiger partial charge in [0.25, 0.3) is 0 Å². The first-order valence-corrected chi connectivity index (χ1v) is 5.80. The minimum absolute atomic E-state index is 0.623. The van der Waals surface area contributed by atoms with Crippen molar-refractivity contribution in [2.75, 3.05) is 20.3 Å². The summed E-state index contributed by atoms with van der Waals surface area (Å²) in [6, 6.07) is 0. The molecule has 0 bridgehead atoms. The molecule has 0 aliphatic carbocycles. The summed E-state index contributed by atoms with van der Waals surface area (Å²) < 4.78 is 5.31. The maximum absolute atomic E-state index is 7.40. The van der Waals surface area contributed by atoms with Gasteiger partial charge in [0.15, 0.2) is 0 Å².